The van der Waals surface area contributed by atoms with Crippen molar-refractivity contribution in [2.24, 2.45) is 5.92 Å². The van der Waals surface area contributed by atoms with Gasteiger partial charge in [0.2, 0.25) is 0 Å². The topological polar surface area (TPSA) is 86.7 Å². The fraction of sp³-hybridized carbons (Fsp3) is 0.667. The summed E-state index contributed by atoms with van der Waals surface area (Å²) in [7, 11) is 0. The van der Waals surface area contributed by atoms with Gasteiger partial charge in [-0.15, -0.1) is 0 Å². The van der Waals surface area contributed by atoms with Gasteiger partial charge in [-0.2, -0.15) is 0 Å². The molecule has 6 heteroatoms. The molecule has 0 bridgehead atoms. The molecular weight excluding hydrogens is 266 g/mol. The number of hydrogen-bond acceptors (Lipinski definition) is 5. The zero-order valence-corrected chi connectivity index (χ0v) is 13.0. The second-order valence-electron chi connectivity index (χ2n) is 7.11. The molecule has 3 rings (SSSR count). The number of anilines is 1. The Morgan fingerprint density at radius 3 is 2.67 bits per heavy atom. The molecule has 114 valence electrons. The van der Waals surface area contributed by atoms with E-state index in [-0.39, 0.29) is 17.6 Å². The maximum atomic E-state index is 9.88. The number of imidazole rings is 1. The Hall–Kier alpha value is -1.69. The van der Waals surface area contributed by atoms with Crippen LogP contribution in [0.2, 0.25) is 0 Å². The molecule has 0 saturated heterocycles. The molecule has 1 fully saturated rings. The lowest BCUT2D eigenvalue weighted by molar-refractivity contribution is 0.141. The monoisotopic (exact) mass is 289 g/mol. The number of rotatable bonds is 2. The number of aliphatic hydroxyl groups is 1. The van der Waals surface area contributed by atoms with E-state index in [4.69, 9.17) is 0 Å². The molecule has 0 spiro atoms. The van der Waals surface area contributed by atoms with E-state index < -0.39 is 0 Å². The zero-order chi connectivity index (χ0) is 15.2. The third kappa shape index (κ3) is 2.72. The first-order valence-electron chi connectivity index (χ1n) is 7.50. The van der Waals surface area contributed by atoms with Crippen LogP contribution in [-0.4, -0.2) is 37.2 Å². The highest BCUT2D eigenvalue weighted by molar-refractivity contribution is 5.82. The molecule has 21 heavy (non-hydrogen) atoms. The van der Waals surface area contributed by atoms with Crippen molar-refractivity contribution in [1.82, 2.24) is 19.9 Å². The van der Waals surface area contributed by atoms with Gasteiger partial charge >= 0.3 is 0 Å². The summed E-state index contributed by atoms with van der Waals surface area (Å²) >= 11 is 0. The van der Waals surface area contributed by atoms with Crippen LogP contribution in [0.15, 0.2) is 6.33 Å². The lowest BCUT2D eigenvalue weighted by Gasteiger charge is -2.14. The Labute approximate surface area is 124 Å². The SMILES string of the molecule is C[C@H]1C[C@@H](Nc2ncnc3nc(C(C)(C)C)[nH]c23)C[C@H]1O. The number of fused-ring (bicyclic) bond motifs is 1. The van der Waals surface area contributed by atoms with Crippen LogP contribution in [0.4, 0.5) is 5.82 Å². The van der Waals surface area contributed by atoms with Crippen molar-refractivity contribution in [3.05, 3.63) is 12.2 Å². The van der Waals surface area contributed by atoms with E-state index in [1.807, 2.05) is 0 Å². The van der Waals surface area contributed by atoms with Crippen LogP contribution in [0.25, 0.3) is 11.2 Å². The molecule has 0 aromatic carbocycles. The summed E-state index contributed by atoms with van der Waals surface area (Å²) < 4.78 is 0. The minimum atomic E-state index is -0.230. The van der Waals surface area contributed by atoms with Crippen LogP contribution in [0, 0.1) is 5.92 Å². The zero-order valence-electron chi connectivity index (χ0n) is 13.0. The van der Waals surface area contributed by atoms with Gasteiger partial charge < -0.3 is 15.4 Å². The average Bonchev–Trinajstić information content (AvgIpc) is 2.94. The van der Waals surface area contributed by atoms with Crippen molar-refractivity contribution < 1.29 is 5.11 Å². The summed E-state index contributed by atoms with van der Waals surface area (Å²) in [5, 5.41) is 13.3. The quantitative estimate of drug-likeness (QED) is 0.789. The van der Waals surface area contributed by atoms with Crippen molar-refractivity contribution in [3.8, 4) is 0 Å². The minimum absolute atomic E-state index is 0.0595. The van der Waals surface area contributed by atoms with Gasteiger partial charge in [0.1, 0.15) is 17.7 Å². The van der Waals surface area contributed by atoms with Gasteiger partial charge in [0, 0.05) is 11.5 Å². The van der Waals surface area contributed by atoms with Gasteiger partial charge in [0.25, 0.3) is 0 Å². The van der Waals surface area contributed by atoms with Crippen LogP contribution in [0.5, 0.6) is 0 Å². The summed E-state index contributed by atoms with van der Waals surface area (Å²) in [4.78, 5) is 16.5. The molecule has 1 aliphatic rings. The largest absolute Gasteiger partial charge is 0.393 e. The molecule has 0 aliphatic heterocycles. The number of nitrogens with one attached hydrogen (secondary N) is 2. The summed E-state index contributed by atoms with van der Waals surface area (Å²) in [6.45, 7) is 8.41. The predicted octanol–water partition coefficient (Wildman–Crippen LogP) is 2.22. The van der Waals surface area contributed by atoms with Gasteiger partial charge in [-0.1, -0.05) is 27.7 Å². The molecule has 2 aromatic rings. The van der Waals surface area contributed by atoms with Gasteiger partial charge in [-0.25, -0.2) is 15.0 Å². The number of aromatic amines is 1. The van der Waals surface area contributed by atoms with E-state index in [2.05, 4.69) is 52.9 Å². The van der Waals surface area contributed by atoms with Crippen molar-refractivity contribution in [3.63, 3.8) is 0 Å². The van der Waals surface area contributed by atoms with Gasteiger partial charge in [-0.05, 0) is 18.8 Å². The van der Waals surface area contributed by atoms with E-state index in [0.29, 0.717) is 11.6 Å². The Kier molecular flexibility index (Phi) is 3.36. The number of aromatic nitrogens is 4. The highest BCUT2D eigenvalue weighted by atomic mass is 16.3. The normalized spacial score (nSPS) is 26.4. The first-order chi connectivity index (χ1) is 9.84. The van der Waals surface area contributed by atoms with Crippen LogP contribution < -0.4 is 5.32 Å². The molecule has 2 heterocycles. The maximum Gasteiger partial charge on any atom is 0.183 e. The van der Waals surface area contributed by atoms with Crippen LogP contribution in [-0.2, 0) is 5.41 Å². The summed E-state index contributed by atoms with van der Waals surface area (Å²) in [5.41, 5.74) is 1.47. The third-order valence-corrected chi connectivity index (χ3v) is 4.18. The van der Waals surface area contributed by atoms with Crippen molar-refractivity contribution >= 4 is 17.0 Å². The molecule has 6 nitrogen and oxygen atoms in total. The number of aliphatic hydroxyl groups excluding tert-OH is 1. The number of H-pyrrole nitrogens is 1. The Bertz CT molecular complexity index is 635. The van der Waals surface area contributed by atoms with E-state index in [9.17, 15) is 5.11 Å². The van der Waals surface area contributed by atoms with E-state index >= 15 is 0 Å². The predicted molar refractivity (Wildman–Crippen MR) is 82.2 cm³/mol. The number of nitrogens with zero attached hydrogens (tertiary/aromatic N) is 3. The molecule has 3 atom stereocenters. The molecule has 3 N–H and O–H groups in total. The molecule has 0 amide bonds. The second kappa shape index (κ2) is 4.94. The lowest BCUT2D eigenvalue weighted by atomic mass is 9.96. The average molecular weight is 289 g/mol. The summed E-state index contributed by atoms with van der Waals surface area (Å²) in [6, 6.07) is 0.245. The molecule has 0 unspecified atom stereocenters. The first kappa shape index (κ1) is 14.3. The highest BCUT2D eigenvalue weighted by Crippen LogP contribution is 2.30. The number of hydrogen-bond donors (Lipinski definition) is 3. The summed E-state index contributed by atoms with van der Waals surface area (Å²) in [5.74, 6) is 2.00. The molecular formula is C15H23N5O. The van der Waals surface area contributed by atoms with Crippen molar-refractivity contribution in [2.75, 3.05) is 5.32 Å². The van der Waals surface area contributed by atoms with Crippen molar-refractivity contribution in [1.29, 1.82) is 0 Å². The van der Waals surface area contributed by atoms with Crippen molar-refractivity contribution in [2.45, 2.75) is 58.1 Å². The summed E-state index contributed by atoms with van der Waals surface area (Å²) in [6.07, 6.45) is 3.01. The highest BCUT2D eigenvalue weighted by Gasteiger charge is 2.30. The second-order valence-corrected chi connectivity index (χ2v) is 7.11. The fourth-order valence-electron chi connectivity index (χ4n) is 2.83. The Morgan fingerprint density at radius 1 is 1.29 bits per heavy atom. The Balaban J connectivity index is 1.90. The molecule has 1 aliphatic carbocycles. The molecule has 2 aromatic heterocycles. The van der Waals surface area contributed by atoms with Gasteiger partial charge in [-0.3, -0.25) is 0 Å². The van der Waals surface area contributed by atoms with E-state index in [0.717, 1.165) is 30.0 Å². The fourth-order valence-corrected chi connectivity index (χ4v) is 2.83. The Morgan fingerprint density at radius 2 is 2.05 bits per heavy atom. The minimum Gasteiger partial charge on any atom is -0.393 e. The first-order valence-corrected chi connectivity index (χ1v) is 7.50. The smallest absolute Gasteiger partial charge is 0.183 e. The van der Waals surface area contributed by atoms with Crippen LogP contribution >= 0.6 is 0 Å². The van der Waals surface area contributed by atoms with E-state index in [1.54, 1.807) is 0 Å². The molecule has 0 radical (unpaired) electrons. The van der Waals surface area contributed by atoms with E-state index in [1.165, 1.54) is 6.33 Å². The molecule has 1 saturated carbocycles. The van der Waals surface area contributed by atoms with Crippen LogP contribution in [0.3, 0.4) is 0 Å². The standard InChI is InChI=1S/C15H23N5O/c1-8-5-9(6-10(8)21)18-12-11-13(17-7-16-12)20-14(19-11)15(2,3)4/h7-10,21H,5-6H2,1-4H3,(H2,16,17,18,19,20)/t8-,9+,10+/m0/s1. The van der Waals surface area contributed by atoms with Gasteiger partial charge in [0.15, 0.2) is 11.5 Å². The van der Waals surface area contributed by atoms with Gasteiger partial charge in [0.05, 0.1) is 6.10 Å². The maximum absolute atomic E-state index is 9.88. The lowest BCUT2D eigenvalue weighted by Crippen LogP contribution is -2.17. The van der Waals surface area contributed by atoms with Crippen LogP contribution in [0.1, 0.15) is 46.4 Å². The third-order valence-electron chi connectivity index (χ3n) is 4.18.